The van der Waals surface area contributed by atoms with Crippen LogP contribution in [-0.4, -0.2) is 17.6 Å². The van der Waals surface area contributed by atoms with E-state index in [0.29, 0.717) is 6.54 Å². The lowest BCUT2D eigenvalue weighted by Gasteiger charge is -2.19. The third kappa shape index (κ3) is 5.44. The van der Waals surface area contributed by atoms with Crippen molar-refractivity contribution in [3.05, 3.63) is 100 Å². The number of phenolic OH excluding ortho intramolecular Hbond substituents is 1. The van der Waals surface area contributed by atoms with Gasteiger partial charge in [-0.1, -0.05) is 76.6 Å². The van der Waals surface area contributed by atoms with Gasteiger partial charge >= 0.3 is 0 Å². The fourth-order valence-corrected chi connectivity index (χ4v) is 3.52. The summed E-state index contributed by atoms with van der Waals surface area (Å²) in [4.78, 5) is 12.6. The molecule has 0 aliphatic heterocycles. The minimum absolute atomic E-state index is 0.0286. The third-order valence-electron chi connectivity index (χ3n) is 4.54. The Morgan fingerprint density at radius 2 is 1.63 bits per heavy atom. The van der Waals surface area contributed by atoms with Gasteiger partial charge in [-0.25, -0.2) is 0 Å². The van der Waals surface area contributed by atoms with Crippen LogP contribution in [0.4, 0.5) is 0 Å². The van der Waals surface area contributed by atoms with E-state index in [-0.39, 0.29) is 24.0 Å². The molecule has 3 rings (SSSR count). The number of hydrogen-bond donors (Lipinski definition) is 2. The number of nitrogens with one attached hydrogen (secondary N) is 1. The smallest absolute Gasteiger partial charge is 0.220 e. The fourth-order valence-electron chi connectivity index (χ4n) is 3.15. The Morgan fingerprint density at radius 3 is 2.33 bits per heavy atom. The normalized spacial score (nSPS) is 11.7. The molecule has 0 aromatic heterocycles. The summed E-state index contributed by atoms with van der Waals surface area (Å²) in [7, 11) is 0. The molecule has 0 saturated carbocycles. The Hall–Kier alpha value is -2.59. The summed E-state index contributed by atoms with van der Waals surface area (Å²) in [5, 5.41) is 13.4. The topological polar surface area (TPSA) is 49.3 Å². The molecule has 0 aliphatic carbocycles. The summed E-state index contributed by atoms with van der Waals surface area (Å²) in [5.41, 5.74) is 2.94. The van der Waals surface area contributed by atoms with Crippen LogP contribution in [0.15, 0.2) is 83.3 Å². The number of halogens is 1. The largest absolute Gasteiger partial charge is 0.508 e. The van der Waals surface area contributed by atoms with E-state index in [0.717, 1.165) is 22.0 Å². The molecule has 0 bridgehead atoms. The van der Waals surface area contributed by atoms with E-state index in [9.17, 15) is 9.90 Å². The molecule has 138 valence electrons. The standard InChI is InChI=1S/C23H22BrNO2/c24-19-11-12-22(26)21(15-19)20(18-9-5-2-6-10-18)16-23(27)25-14-13-17-7-3-1-4-8-17/h1-12,15,20,26H,13-14,16H2,(H,25,27)/t20-/m1/s1. The number of aromatic hydroxyl groups is 1. The number of benzene rings is 3. The zero-order chi connectivity index (χ0) is 19.1. The first-order valence-electron chi connectivity index (χ1n) is 8.97. The lowest BCUT2D eigenvalue weighted by molar-refractivity contribution is -0.121. The van der Waals surface area contributed by atoms with Crippen molar-refractivity contribution in [2.45, 2.75) is 18.8 Å². The van der Waals surface area contributed by atoms with Crippen molar-refractivity contribution in [3.8, 4) is 5.75 Å². The number of carbonyl (C=O) groups is 1. The summed E-state index contributed by atoms with van der Waals surface area (Å²) in [6, 6.07) is 25.2. The second-order valence-electron chi connectivity index (χ2n) is 6.46. The highest BCUT2D eigenvalue weighted by Crippen LogP contribution is 2.35. The first-order chi connectivity index (χ1) is 13.1. The number of amides is 1. The van der Waals surface area contributed by atoms with Crippen molar-refractivity contribution in [2.24, 2.45) is 0 Å². The van der Waals surface area contributed by atoms with Crippen LogP contribution in [0.3, 0.4) is 0 Å². The number of carbonyl (C=O) groups excluding carboxylic acids is 1. The molecule has 3 aromatic carbocycles. The molecular weight excluding hydrogens is 402 g/mol. The molecule has 3 nitrogen and oxygen atoms in total. The van der Waals surface area contributed by atoms with E-state index >= 15 is 0 Å². The number of phenols is 1. The van der Waals surface area contributed by atoms with E-state index in [1.165, 1.54) is 5.56 Å². The van der Waals surface area contributed by atoms with E-state index in [1.807, 2.05) is 54.6 Å². The quantitative estimate of drug-likeness (QED) is 0.559. The third-order valence-corrected chi connectivity index (χ3v) is 5.03. The van der Waals surface area contributed by atoms with Crippen LogP contribution in [0.5, 0.6) is 5.75 Å². The van der Waals surface area contributed by atoms with Crippen LogP contribution in [0.25, 0.3) is 0 Å². The molecule has 0 heterocycles. The zero-order valence-electron chi connectivity index (χ0n) is 14.9. The molecule has 0 aliphatic rings. The molecule has 0 radical (unpaired) electrons. The Balaban J connectivity index is 1.72. The fraction of sp³-hybridized carbons (Fsp3) is 0.174. The summed E-state index contributed by atoms with van der Waals surface area (Å²) < 4.78 is 0.876. The number of rotatable bonds is 7. The molecule has 0 fully saturated rings. The van der Waals surface area contributed by atoms with E-state index in [2.05, 4.69) is 33.4 Å². The van der Waals surface area contributed by atoms with Gasteiger partial charge in [-0.15, -0.1) is 0 Å². The van der Waals surface area contributed by atoms with Crippen molar-refractivity contribution in [1.29, 1.82) is 0 Å². The summed E-state index contributed by atoms with van der Waals surface area (Å²) in [5.74, 6) is -0.0382. The van der Waals surface area contributed by atoms with E-state index in [1.54, 1.807) is 12.1 Å². The lowest BCUT2D eigenvalue weighted by atomic mass is 9.87. The predicted octanol–water partition coefficient (Wildman–Crippen LogP) is 5.04. The van der Waals surface area contributed by atoms with Gasteiger partial charge in [-0.2, -0.15) is 0 Å². The van der Waals surface area contributed by atoms with Gasteiger partial charge in [0, 0.05) is 28.9 Å². The molecule has 0 unspecified atom stereocenters. The monoisotopic (exact) mass is 423 g/mol. The highest BCUT2D eigenvalue weighted by molar-refractivity contribution is 9.10. The Bertz CT molecular complexity index is 881. The predicted molar refractivity (Wildman–Crippen MR) is 112 cm³/mol. The van der Waals surface area contributed by atoms with Gasteiger partial charge in [0.1, 0.15) is 5.75 Å². The molecule has 1 atom stereocenters. The lowest BCUT2D eigenvalue weighted by Crippen LogP contribution is -2.27. The molecular formula is C23H22BrNO2. The average molecular weight is 424 g/mol. The van der Waals surface area contributed by atoms with Crippen LogP contribution in [0, 0.1) is 0 Å². The van der Waals surface area contributed by atoms with Gasteiger partial charge in [0.15, 0.2) is 0 Å². The Labute approximate surface area is 168 Å². The zero-order valence-corrected chi connectivity index (χ0v) is 16.5. The van der Waals surface area contributed by atoms with Crippen molar-refractivity contribution < 1.29 is 9.90 Å². The molecule has 27 heavy (non-hydrogen) atoms. The van der Waals surface area contributed by atoms with Crippen LogP contribution in [-0.2, 0) is 11.2 Å². The summed E-state index contributed by atoms with van der Waals surface area (Å²) in [6.45, 7) is 0.592. The average Bonchev–Trinajstić information content (AvgIpc) is 2.70. The molecule has 4 heteroatoms. The minimum Gasteiger partial charge on any atom is -0.508 e. The van der Waals surface area contributed by atoms with E-state index in [4.69, 9.17) is 0 Å². The second kappa shape index (κ2) is 9.38. The van der Waals surface area contributed by atoms with Gasteiger partial charge < -0.3 is 10.4 Å². The highest BCUT2D eigenvalue weighted by Gasteiger charge is 2.21. The van der Waals surface area contributed by atoms with Crippen LogP contribution in [0.1, 0.15) is 29.0 Å². The maximum atomic E-state index is 12.6. The molecule has 0 spiro atoms. The molecule has 0 saturated heterocycles. The van der Waals surface area contributed by atoms with Crippen molar-refractivity contribution in [3.63, 3.8) is 0 Å². The molecule has 2 N–H and O–H groups in total. The first kappa shape index (κ1) is 19.2. The summed E-state index contributed by atoms with van der Waals surface area (Å²) >= 11 is 3.46. The summed E-state index contributed by atoms with van der Waals surface area (Å²) in [6.07, 6.45) is 1.08. The van der Waals surface area contributed by atoms with Gasteiger partial charge in [0.2, 0.25) is 5.91 Å². The SMILES string of the molecule is O=C(C[C@H](c1ccccc1)c1cc(Br)ccc1O)NCCc1ccccc1. The Morgan fingerprint density at radius 1 is 0.963 bits per heavy atom. The van der Waals surface area contributed by atoms with Crippen LogP contribution < -0.4 is 5.32 Å². The van der Waals surface area contributed by atoms with Gasteiger partial charge in [-0.05, 0) is 35.7 Å². The van der Waals surface area contributed by atoms with Crippen molar-refractivity contribution in [2.75, 3.05) is 6.54 Å². The highest BCUT2D eigenvalue weighted by atomic mass is 79.9. The number of hydrogen-bond acceptors (Lipinski definition) is 2. The Kier molecular flexibility index (Phi) is 6.66. The van der Waals surface area contributed by atoms with Gasteiger partial charge in [0.05, 0.1) is 0 Å². The first-order valence-corrected chi connectivity index (χ1v) is 9.77. The van der Waals surface area contributed by atoms with Crippen LogP contribution in [0.2, 0.25) is 0 Å². The molecule has 1 amide bonds. The van der Waals surface area contributed by atoms with Crippen molar-refractivity contribution in [1.82, 2.24) is 5.32 Å². The van der Waals surface area contributed by atoms with Crippen LogP contribution >= 0.6 is 15.9 Å². The minimum atomic E-state index is -0.208. The second-order valence-corrected chi connectivity index (χ2v) is 7.37. The maximum Gasteiger partial charge on any atom is 0.220 e. The van der Waals surface area contributed by atoms with Gasteiger partial charge in [0.25, 0.3) is 0 Å². The van der Waals surface area contributed by atoms with Gasteiger partial charge in [-0.3, -0.25) is 4.79 Å². The molecule has 3 aromatic rings. The maximum absolute atomic E-state index is 12.6. The van der Waals surface area contributed by atoms with Crippen molar-refractivity contribution >= 4 is 21.8 Å². The van der Waals surface area contributed by atoms with E-state index < -0.39 is 0 Å².